The molecule has 0 saturated heterocycles. The van der Waals surface area contributed by atoms with E-state index in [0.29, 0.717) is 19.3 Å². The molecular formula is C51H96O6. The third kappa shape index (κ3) is 45.1. The minimum atomic E-state index is -0.770. The highest BCUT2D eigenvalue weighted by atomic mass is 16.6. The van der Waals surface area contributed by atoms with E-state index in [1.807, 2.05) is 0 Å². The number of allylic oxidation sites excluding steroid dienone is 2. The quantitative estimate of drug-likeness (QED) is 0.0264. The monoisotopic (exact) mass is 805 g/mol. The first kappa shape index (κ1) is 55.2. The van der Waals surface area contributed by atoms with Crippen LogP contribution < -0.4 is 0 Å². The molecule has 6 nitrogen and oxygen atoms in total. The Bertz CT molecular complexity index is 885. The van der Waals surface area contributed by atoms with Crippen LogP contribution in [0.2, 0.25) is 0 Å². The number of unbranched alkanes of at least 4 members (excludes halogenated alkanes) is 33. The maximum absolute atomic E-state index is 12.7. The predicted molar refractivity (Wildman–Crippen MR) is 243 cm³/mol. The molecule has 0 aromatic rings. The lowest BCUT2D eigenvalue weighted by Gasteiger charge is -2.18. The van der Waals surface area contributed by atoms with Gasteiger partial charge in [-0.2, -0.15) is 0 Å². The van der Waals surface area contributed by atoms with E-state index >= 15 is 0 Å². The molecule has 0 fully saturated rings. The van der Waals surface area contributed by atoms with Gasteiger partial charge in [0.05, 0.1) is 0 Å². The van der Waals surface area contributed by atoms with Gasteiger partial charge in [0.1, 0.15) is 13.2 Å². The fourth-order valence-electron chi connectivity index (χ4n) is 7.44. The highest BCUT2D eigenvalue weighted by Gasteiger charge is 2.19. The number of hydrogen-bond acceptors (Lipinski definition) is 6. The summed E-state index contributed by atoms with van der Waals surface area (Å²) in [5.74, 6) is -0.875. The molecule has 0 rings (SSSR count). The maximum Gasteiger partial charge on any atom is 0.306 e. The summed E-state index contributed by atoms with van der Waals surface area (Å²) in [6, 6.07) is 0. The molecule has 57 heavy (non-hydrogen) atoms. The van der Waals surface area contributed by atoms with Crippen LogP contribution >= 0.6 is 0 Å². The molecule has 6 heteroatoms. The van der Waals surface area contributed by atoms with Gasteiger partial charge < -0.3 is 14.2 Å². The summed E-state index contributed by atoms with van der Waals surface area (Å²) in [6.45, 7) is 6.63. The van der Waals surface area contributed by atoms with Crippen molar-refractivity contribution in [3.05, 3.63) is 12.2 Å². The molecule has 0 bridgehead atoms. The number of carbonyl (C=O) groups excluding carboxylic acids is 3. The Balaban J connectivity index is 4.31. The zero-order valence-corrected chi connectivity index (χ0v) is 38.4. The van der Waals surface area contributed by atoms with Gasteiger partial charge in [-0.15, -0.1) is 0 Å². The molecule has 0 aliphatic carbocycles. The largest absolute Gasteiger partial charge is 0.462 e. The summed E-state index contributed by atoms with van der Waals surface area (Å²) in [4.78, 5) is 37.8. The topological polar surface area (TPSA) is 78.9 Å². The third-order valence-corrected chi connectivity index (χ3v) is 11.3. The van der Waals surface area contributed by atoms with E-state index in [9.17, 15) is 14.4 Å². The summed E-state index contributed by atoms with van der Waals surface area (Å²) in [6.07, 6.45) is 50.5. The van der Waals surface area contributed by atoms with Gasteiger partial charge in [-0.25, -0.2) is 0 Å². The van der Waals surface area contributed by atoms with Gasteiger partial charge in [-0.3, -0.25) is 14.4 Å². The number of ether oxygens (including phenoxy) is 3. The Hall–Kier alpha value is -1.85. The van der Waals surface area contributed by atoms with Crippen molar-refractivity contribution in [2.24, 2.45) is 0 Å². The van der Waals surface area contributed by atoms with Crippen molar-refractivity contribution in [2.75, 3.05) is 13.2 Å². The average molecular weight is 805 g/mol. The summed E-state index contributed by atoms with van der Waals surface area (Å²) in [5, 5.41) is 0. The smallest absolute Gasteiger partial charge is 0.306 e. The Kier molecular flexibility index (Phi) is 45.3. The van der Waals surface area contributed by atoms with Gasteiger partial charge in [0, 0.05) is 19.3 Å². The first-order chi connectivity index (χ1) is 28.0. The Morgan fingerprint density at radius 1 is 0.333 bits per heavy atom. The second kappa shape index (κ2) is 46.8. The van der Waals surface area contributed by atoms with E-state index in [0.717, 1.165) is 70.6 Å². The van der Waals surface area contributed by atoms with E-state index in [1.54, 1.807) is 0 Å². The Morgan fingerprint density at radius 2 is 0.579 bits per heavy atom. The molecule has 0 amide bonds. The summed E-state index contributed by atoms with van der Waals surface area (Å²) in [7, 11) is 0. The highest BCUT2D eigenvalue weighted by molar-refractivity contribution is 5.71. The van der Waals surface area contributed by atoms with Gasteiger partial charge in [0.2, 0.25) is 0 Å². The van der Waals surface area contributed by atoms with Crippen LogP contribution in [-0.4, -0.2) is 37.2 Å². The van der Waals surface area contributed by atoms with Gasteiger partial charge in [-0.1, -0.05) is 226 Å². The SMILES string of the molecule is CCCCCCCC/C=C\CCCCCC(=O)OC(COC(=O)CCCCCCCCCCCC)COC(=O)CCCCCCCCCCCCCCCCCC. The lowest BCUT2D eigenvalue weighted by atomic mass is 10.0. The van der Waals surface area contributed by atoms with Gasteiger partial charge in [-0.05, 0) is 44.9 Å². The van der Waals surface area contributed by atoms with E-state index in [-0.39, 0.29) is 31.1 Å². The number of hydrogen-bond donors (Lipinski definition) is 0. The minimum absolute atomic E-state index is 0.0711. The second-order valence-corrected chi connectivity index (χ2v) is 17.1. The average Bonchev–Trinajstić information content (AvgIpc) is 3.21. The highest BCUT2D eigenvalue weighted by Crippen LogP contribution is 2.16. The van der Waals surface area contributed by atoms with Crippen LogP contribution in [0.25, 0.3) is 0 Å². The van der Waals surface area contributed by atoms with E-state index in [1.165, 1.54) is 167 Å². The number of carbonyl (C=O) groups is 3. The van der Waals surface area contributed by atoms with Crippen LogP contribution in [0.1, 0.15) is 278 Å². The first-order valence-electron chi connectivity index (χ1n) is 25.2. The second-order valence-electron chi connectivity index (χ2n) is 17.1. The Labute approximate surface area is 354 Å². The van der Waals surface area contributed by atoms with Crippen LogP contribution in [-0.2, 0) is 28.6 Å². The number of rotatable bonds is 46. The van der Waals surface area contributed by atoms with Crippen LogP contribution in [0.5, 0.6) is 0 Å². The third-order valence-electron chi connectivity index (χ3n) is 11.3. The van der Waals surface area contributed by atoms with E-state index in [2.05, 4.69) is 32.9 Å². The van der Waals surface area contributed by atoms with Crippen molar-refractivity contribution >= 4 is 17.9 Å². The molecule has 336 valence electrons. The number of esters is 3. The lowest BCUT2D eigenvalue weighted by Crippen LogP contribution is -2.30. The van der Waals surface area contributed by atoms with Gasteiger partial charge in [0.15, 0.2) is 6.10 Å². The van der Waals surface area contributed by atoms with Crippen molar-refractivity contribution in [1.82, 2.24) is 0 Å². The molecule has 0 radical (unpaired) electrons. The van der Waals surface area contributed by atoms with Crippen molar-refractivity contribution in [3.8, 4) is 0 Å². The summed E-state index contributed by atoms with van der Waals surface area (Å²) >= 11 is 0. The Morgan fingerprint density at radius 3 is 0.895 bits per heavy atom. The normalized spacial score (nSPS) is 12.0. The molecule has 0 aromatic heterocycles. The van der Waals surface area contributed by atoms with E-state index < -0.39 is 6.10 Å². The molecule has 1 atom stereocenters. The summed E-state index contributed by atoms with van der Waals surface area (Å²) < 4.78 is 16.7. The van der Waals surface area contributed by atoms with E-state index in [4.69, 9.17) is 14.2 Å². The molecule has 0 aliphatic rings. The van der Waals surface area contributed by atoms with Crippen LogP contribution in [0, 0.1) is 0 Å². The summed E-state index contributed by atoms with van der Waals surface area (Å²) in [5.41, 5.74) is 0. The molecule has 0 aliphatic heterocycles. The first-order valence-corrected chi connectivity index (χ1v) is 25.2. The fourth-order valence-corrected chi connectivity index (χ4v) is 7.44. The molecule has 0 heterocycles. The van der Waals surface area contributed by atoms with Crippen molar-refractivity contribution in [1.29, 1.82) is 0 Å². The van der Waals surface area contributed by atoms with Crippen LogP contribution in [0.3, 0.4) is 0 Å². The fraction of sp³-hybridized carbons (Fsp3) is 0.902. The lowest BCUT2D eigenvalue weighted by molar-refractivity contribution is -0.167. The molecule has 0 spiro atoms. The molecule has 1 unspecified atom stereocenters. The zero-order chi connectivity index (χ0) is 41.5. The van der Waals surface area contributed by atoms with Crippen LogP contribution in [0.15, 0.2) is 12.2 Å². The van der Waals surface area contributed by atoms with Crippen LogP contribution in [0.4, 0.5) is 0 Å². The standard InChI is InChI=1S/C51H96O6/c1-4-7-10-13-16-19-22-24-25-26-28-29-32-35-38-41-44-50(53)56-47-48(46-55-49(52)43-40-37-34-31-21-18-15-12-9-6-3)57-51(54)45-42-39-36-33-30-27-23-20-17-14-11-8-5-2/h27,30,48H,4-26,28-29,31-47H2,1-3H3/b30-27-. The molecular weight excluding hydrogens is 709 g/mol. The van der Waals surface area contributed by atoms with Crippen molar-refractivity contribution in [3.63, 3.8) is 0 Å². The zero-order valence-electron chi connectivity index (χ0n) is 38.4. The maximum atomic E-state index is 12.7. The predicted octanol–water partition coefficient (Wildman–Crippen LogP) is 16.2. The van der Waals surface area contributed by atoms with Crippen molar-refractivity contribution in [2.45, 2.75) is 284 Å². The molecule has 0 aromatic carbocycles. The minimum Gasteiger partial charge on any atom is -0.462 e. The van der Waals surface area contributed by atoms with Gasteiger partial charge in [0.25, 0.3) is 0 Å². The van der Waals surface area contributed by atoms with Crippen molar-refractivity contribution < 1.29 is 28.6 Å². The molecule has 0 N–H and O–H groups in total. The van der Waals surface area contributed by atoms with Gasteiger partial charge >= 0.3 is 17.9 Å². The molecule has 0 saturated carbocycles.